The lowest BCUT2D eigenvalue weighted by Crippen LogP contribution is -2.15. The van der Waals surface area contributed by atoms with Crippen molar-refractivity contribution in [2.75, 3.05) is 6.73 Å². The fraction of sp³-hybridized carbons (Fsp3) is 0.0476. The van der Waals surface area contributed by atoms with Crippen LogP contribution in [0.4, 0.5) is 0 Å². The summed E-state index contributed by atoms with van der Waals surface area (Å²) in [5.74, 6) is -0.646. The lowest BCUT2D eigenvalue weighted by molar-refractivity contribution is -0.114. The number of benzene rings is 1. The second kappa shape index (κ2) is 11.7. The third-order valence-electron chi connectivity index (χ3n) is 3.22. The molecule has 1 amide bonds. The van der Waals surface area contributed by atoms with E-state index in [1.807, 2.05) is 54.6 Å². The first-order valence-electron chi connectivity index (χ1n) is 8.19. The quantitative estimate of drug-likeness (QED) is 0.833. The van der Waals surface area contributed by atoms with Gasteiger partial charge in [0.2, 0.25) is 0 Å². The average molecular weight is 360 g/mol. The van der Waals surface area contributed by atoms with Gasteiger partial charge in [0.15, 0.2) is 6.73 Å². The highest BCUT2D eigenvalue weighted by Gasteiger charge is 2.01. The Morgan fingerprint density at radius 2 is 1.67 bits per heavy atom. The Morgan fingerprint density at radius 3 is 2.52 bits per heavy atom. The van der Waals surface area contributed by atoms with Crippen molar-refractivity contribution in [1.29, 1.82) is 0 Å². The van der Waals surface area contributed by atoms with Crippen LogP contribution in [0.1, 0.15) is 11.1 Å². The highest BCUT2D eigenvalue weighted by molar-refractivity contribution is 6.11. The van der Waals surface area contributed by atoms with Crippen molar-refractivity contribution in [2.45, 2.75) is 0 Å². The molecule has 27 heavy (non-hydrogen) atoms. The van der Waals surface area contributed by atoms with Gasteiger partial charge in [-0.2, -0.15) is 0 Å². The molecule has 1 aliphatic heterocycles. The number of hydrogen-bond acceptors (Lipinski definition) is 5. The van der Waals surface area contributed by atoms with E-state index in [0.717, 1.165) is 11.1 Å². The van der Waals surface area contributed by atoms with Crippen LogP contribution in [0.15, 0.2) is 93.9 Å². The predicted octanol–water partition coefficient (Wildman–Crippen LogP) is 3.20. The summed E-state index contributed by atoms with van der Waals surface area (Å²) in [7, 11) is 0. The first-order chi connectivity index (χ1) is 13.3. The Balaban J connectivity index is 2.24. The molecular weight excluding hydrogens is 340 g/mol. The molecular formula is C21H20N4O2. The van der Waals surface area contributed by atoms with Gasteiger partial charge in [-0.1, -0.05) is 54.6 Å². The van der Waals surface area contributed by atoms with Crippen molar-refractivity contribution >= 4 is 30.6 Å². The molecule has 0 aliphatic carbocycles. The Labute approximate surface area is 158 Å². The van der Waals surface area contributed by atoms with Crippen LogP contribution in [0.3, 0.4) is 0 Å². The molecule has 1 aliphatic rings. The first kappa shape index (κ1) is 19.5. The predicted molar refractivity (Wildman–Crippen MR) is 111 cm³/mol. The molecule has 0 unspecified atom stereocenters. The van der Waals surface area contributed by atoms with Crippen molar-refractivity contribution in [3.63, 3.8) is 0 Å². The molecule has 1 heterocycles. The van der Waals surface area contributed by atoms with E-state index >= 15 is 0 Å². The molecule has 0 spiro atoms. The molecule has 2 N–H and O–H groups in total. The Kier molecular flexibility index (Phi) is 8.46. The molecule has 0 saturated carbocycles. The molecule has 0 bridgehead atoms. The van der Waals surface area contributed by atoms with Crippen LogP contribution < -0.4 is 5.73 Å². The van der Waals surface area contributed by atoms with E-state index in [-0.39, 0.29) is 12.3 Å². The van der Waals surface area contributed by atoms with E-state index in [4.69, 9.17) is 10.5 Å². The van der Waals surface area contributed by atoms with Gasteiger partial charge in [-0.15, -0.1) is 0 Å². The standard InChI is InChI=1S/C21H20N4O2/c22-21(26)20-15-24-13-12-23-11-7-3-1-2-4-8-18-9-5-6-10-19(18)14-25-17-27-16-20/h1-16H,17H2,(H2,22,26). The van der Waals surface area contributed by atoms with Gasteiger partial charge in [-0.3, -0.25) is 19.8 Å². The van der Waals surface area contributed by atoms with Gasteiger partial charge in [0.05, 0.1) is 11.8 Å². The number of primary amides is 1. The van der Waals surface area contributed by atoms with Crippen molar-refractivity contribution in [3.8, 4) is 0 Å². The highest BCUT2D eigenvalue weighted by atomic mass is 16.5. The second-order valence-corrected chi connectivity index (χ2v) is 5.18. The summed E-state index contributed by atoms with van der Waals surface area (Å²) in [6, 6.07) is 7.85. The molecule has 2 rings (SSSR count). The second-order valence-electron chi connectivity index (χ2n) is 5.18. The average Bonchev–Trinajstić information content (AvgIpc) is 2.66. The van der Waals surface area contributed by atoms with Gasteiger partial charge in [-0.25, -0.2) is 0 Å². The summed E-state index contributed by atoms with van der Waals surface area (Å²) in [4.78, 5) is 23.5. The number of nitrogens with zero attached hydrogens (tertiary/aromatic N) is 3. The number of fused-ring (bicyclic) bond motifs is 1. The fourth-order valence-electron chi connectivity index (χ4n) is 1.94. The number of allylic oxidation sites excluding steroid dienone is 5. The molecule has 1 aromatic rings. The summed E-state index contributed by atoms with van der Waals surface area (Å²) in [5, 5.41) is 0. The van der Waals surface area contributed by atoms with E-state index in [0.29, 0.717) is 0 Å². The van der Waals surface area contributed by atoms with E-state index in [2.05, 4.69) is 15.0 Å². The zero-order chi connectivity index (χ0) is 19.2. The molecule has 0 atom stereocenters. The van der Waals surface area contributed by atoms with Gasteiger partial charge in [-0.05, 0) is 17.2 Å². The van der Waals surface area contributed by atoms with Gasteiger partial charge in [0, 0.05) is 31.0 Å². The topological polar surface area (TPSA) is 89.4 Å². The number of amides is 1. The number of nitrogens with two attached hydrogens (primary N) is 1. The maximum atomic E-state index is 11.4. The molecule has 0 saturated heterocycles. The number of carbonyl (C=O) groups is 1. The third kappa shape index (κ3) is 7.74. The van der Waals surface area contributed by atoms with Crippen LogP contribution in [0.2, 0.25) is 0 Å². The highest BCUT2D eigenvalue weighted by Crippen LogP contribution is 2.08. The SMILES string of the molecule is NC(=O)C1=COCN=Cc2ccccc2C=CC=CC=CC=NC=CN=C1. The number of rotatable bonds is 1. The number of hydrogen-bond donors (Lipinski definition) is 1. The van der Waals surface area contributed by atoms with Crippen LogP contribution in [-0.2, 0) is 9.53 Å². The zero-order valence-electron chi connectivity index (χ0n) is 14.7. The fourth-order valence-corrected chi connectivity index (χ4v) is 1.94. The Bertz CT molecular complexity index is 872. The minimum absolute atomic E-state index is 0.0491. The molecule has 0 radical (unpaired) electrons. The van der Waals surface area contributed by atoms with Crippen LogP contribution >= 0.6 is 0 Å². The third-order valence-corrected chi connectivity index (χ3v) is 3.22. The van der Waals surface area contributed by atoms with Gasteiger partial charge < -0.3 is 10.5 Å². The maximum Gasteiger partial charge on any atom is 0.253 e. The van der Waals surface area contributed by atoms with Gasteiger partial charge in [0.1, 0.15) is 0 Å². The zero-order valence-corrected chi connectivity index (χ0v) is 14.7. The summed E-state index contributed by atoms with van der Waals surface area (Å²) in [6.45, 7) is 0.0491. The normalized spacial score (nSPS) is 15.0. The Morgan fingerprint density at radius 1 is 0.926 bits per heavy atom. The summed E-state index contributed by atoms with van der Waals surface area (Å²) >= 11 is 0. The van der Waals surface area contributed by atoms with Crippen molar-refractivity contribution in [3.05, 3.63) is 90.0 Å². The molecule has 0 aromatic heterocycles. The van der Waals surface area contributed by atoms with E-state index in [1.165, 1.54) is 24.9 Å². The summed E-state index contributed by atoms with van der Waals surface area (Å²) < 4.78 is 5.26. The minimum Gasteiger partial charge on any atom is -0.478 e. The Hall–Kier alpha value is -3.80. The molecule has 6 heteroatoms. The van der Waals surface area contributed by atoms with Crippen LogP contribution in [0.25, 0.3) is 6.08 Å². The number of aliphatic imine (C=N–C) groups is 3. The smallest absolute Gasteiger partial charge is 0.253 e. The number of ether oxygens (including phenoxy) is 1. The maximum absolute atomic E-state index is 11.4. The van der Waals surface area contributed by atoms with E-state index in [9.17, 15) is 4.79 Å². The van der Waals surface area contributed by atoms with Gasteiger partial charge >= 0.3 is 0 Å². The van der Waals surface area contributed by atoms with Crippen molar-refractivity contribution in [1.82, 2.24) is 0 Å². The van der Waals surface area contributed by atoms with Crippen LogP contribution in [0, 0.1) is 0 Å². The first-order valence-corrected chi connectivity index (χ1v) is 8.19. The molecule has 0 fully saturated rings. The summed E-state index contributed by atoms with van der Waals surface area (Å²) in [5.41, 5.74) is 7.39. The van der Waals surface area contributed by atoms with Crippen molar-refractivity contribution in [2.24, 2.45) is 20.7 Å². The molecule has 6 nitrogen and oxygen atoms in total. The number of carbonyl (C=O) groups excluding carboxylic acids is 1. The van der Waals surface area contributed by atoms with E-state index in [1.54, 1.807) is 18.5 Å². The lowest BCUT2D eigenvalue weighted by Gasteiger charge is -2.00. The van der Waals surface area contributed by atoms with Gasteiger partial charge in [0.25, 0.3) is 5.91 Å². The molecule has 136 valence electrons. The largest absolute Gasteiger partial charge is 0.478 e. The van der Waals surface area contributed by atoms with Crippen LogP contribution in [-0.4, -0.2) is 31.3 Å². The summed E-state index contributed by atoms with van der Waals surface area (Å²) in [6.07, 6.45) is 20.2. The monoisotopic (exact) mass is 360 g/mol. The van der Waals surface area contributed by atoms with E-state index < -0.39 is 5.91 Å². The minimum atomic E-state index is -0.646. The van der Waals surface area contributed by atoms with Crippen LogP contribution in [0.5, 0.6) is 0 Å². The van der Waals surface area contributed by atoms with Crippen molar-refractivity contribution < 1.29 is 9.53 Å². The lowest BCUT2D eigenvalue weighted by atomic mass is 10.1. The molecule has 1 aromatic carbocycles.